The number of rotatable bonds is 4. The fourth-order valence-corrected chi connectivity index (χ4v) is 1.05. The quantitative estimate of drug-likeness (QED) is 0.528. The Morgan fingerprint density at radius 3 is 3.00 bits per heavy atom. The lowest BCUT2D eigenvalue weighted by Gasteiger charge is -2.04. The van der Waals surface area contributed by atoms with E-state index in [9.17, 15) is 4.79 Å². The molecule has 0 aliphatic rings. The van der Waals surface area contributed by atoms with Crippen molar-refractivity contribution >= 4 is 19.2 Å². The number of amides is 1. The van der Waals surface area contributed by atoms with Gasteiger partial charge in [0.05, 0.1) is 6.61 Å². The molecule has 0 saturated heterocycles. The molecule has 14 heavy (non-hydrogen) atoms. The molecule has 4 heteroatoms. The minimum absolute atomic E-state index is 0.130. The smallest absolute Gasteiger partial charge is 0.251 e. The van der Waals surface area contributed by atoms with Gasteiger partial charge in [0.15, 0.2) is 0 Å². The van der Waals surface area contributed by atoms with Crippen LogP contribution in [0.25, 0.3) is 0 Å². The van der Waals surface area contributed by atoms with Crippen LogP contribution in [-0.4, -0.2) is 34.0 Å². The first-order chi connectivity index (χ1) is 6.74. The maximum absolute atomic E-state index is 11.4. The Labute approximate surface area is 84.9 Å². The monoisotopic (exact) mass is 189 g/mol. The fourth-order valence-electron chi connectivity index (χ4n) is 1.05. The van der Waals surface area contributed by atoms with Crippen LogP contribution in [0.3, 0.4) is 0 Å². The van der Waals surface area contributed by atoms with Crippen molar-refractivity contribution in [3.05, 3.63) is 29.8 Å². The van der Waals surface area contributed by atoms with Crippen LogP contribution in [-0.2, 0) is 4.74 Å². The minimum atomic E-state index is -0.130. The van der Waals surface area contributed by atoms with Crippen LogP contribution in [0, 0.1) is 0 Å². The van der Waals surface area contributed by atoms with Crippen LogP contribution < -0.4 is 10.8 Å². The number of hydrogen-bond donors (Lipinski definition) is 1. The number of hydrogen-bond acceptors (Lipinski definition) is 2. The van der Waals surface area contributed by atoms with Gasteiger partial charge in [-0.2, -0.15) is 0 Å². The van der Waals surface area contributed by atoms with Crippen LogP contribution in [0.4, 0.5) is 0 Å². The van der Waals surface area contributed by atoms with Crippen molar-refractivity contribution in [2.24, 2.45) is 0 Å². The maximum Gasteiger partial charge on any atom is 0.251 e. The third kappa shape index (κ3) is 3.22. The lowest BCUT2D eigenvalue weighted by atomic mass is 9.94. The Morgan fingerprint density at radius 2 is 2.36 bits per heavy atom. The highest BCUT2D eigenvalue weighted by atomic mass is 16.5. The zero-order chi connectivity index (χ0) is 10.4. The summed E-state index contributed by atoms with van der Waals surface area (Å²) in [5.41, 5.74) is 1.16. The SMILES string of the molecule is [B]c1cccc(C(=O)NCCOC)c1. The zero-order valence-corrected chi connectivity index (χ0v) is 8.12. The van der Waals surface area contributed by atoms with E-state index in [-0.39, 0.29) is 5.91 Å². The van der Waals surface area contributed by atoms with E-state index in [1.54, 1.807) is 31.4 Å². The Morgan fingerprint density at radius 1 is 1.57 bits per heavy atom. The van der Waals surface area contributed by atoms with E-state index in [2.05, 4.69) is 5.32 Å². The topological polar surface area (TPSA) is 38.3 Å². The second-order valence-corrected chi connectivity index (χ2v) is 2.87. The van der Waals surface area contributed by atoms with Crippen LogP contribution in [0.1, 0.15) is 10.4 Å². The van der Waals surface area contributed by atoms with Gasteiger partial charge in [0.25, 0.3) is 5.91 Å². The second-order valence-electron chi connectivity index (χ2n) is 2.87. The number of ether oxygens (including phenoxy) is 1. The van der Waals surface area contributed by atoms with Gasteiger partial charge in [0.2, 0.25) is 0 Å². The summed E-state index contributed by atoms with van der Waals surface area (Å²) >= 11 is 0. The van der Waals surface area contributed by atoms with Crippen LogP contribution in [0.2, 0.25) is 0 Å². The first kappa shape index (κ1) is 10.8. The molecule has 0 bridgehead atoms. The van der Waals surface area contributed by atoms with Gasteiger partial charge in [-0.05, 0) is 6.07 Å². The lowest BCUT2D eigenvalue weighted by Crippen LogP contribution is -2.27. The summed E-state index contributed by atoms with van der Waals surface area (Å²) in [4.78, 5) is 11.4. The normalized spacial score (nSPS) is 9.79. The molecule has 0 heterocycles. The van der Waals surface area contributed by atoms with Gasteiger partial charge in [-0.1, -0.05) is 23.7 Å². The molecule has 1 N–H and O–H groups in total. The van der Waals surface area contributed by atoms with Crippen molar-refractivity contribution in [2.75, 3.05) is 20.3 Å². The molecule has 0 aromatic heterocycles. The lowest BCUT2D eigenvalue weighted by molar-refractivity contribution is 0.0937. The number of carbonyl (C=O) groups is 1. The van der Waals surface area contributed by atoms with Crippen molar-refractivity contribution < 1.29 is 9.53 Å². The first-order valence-corrected chi connectivity index (χ1v) is 4.36. The van der Waals surface area contributed by atoms with E-state index in [1.165, 1.54) is 0 Å². The third-order valence-electron chi connectivity index (χ3n) is 1.74. The average Bonchev–Trinajstić information content (AvgIpc) is 2.18. The molecule has 1 aromatic carbocycles. The molecule has 0 atom stereocenters. The largest absolute Gasteiger partial charge is 0.383 e. The Balaban J connectivity index is 2.52. The summed E-state index contributed by atoms with van der Waals surface area (Å²) in [6, 6.07) is 6.85. The summed E-state index contributed by atoms with van der Waals surface area (Å²) in [7, 11) is 7.14. The number of nitrogens with one attached hydrogen (secondary N) is 1. The van der Waals surface area contributed by atoms with Gasteiger partial charge in [-0.25, -0.2) is 0 Å². The Kier molecular flexibility index (Phi) is 4.20. The van der Waals surface area contributed by atoms with E-state index in [1.807, 2.05) is 0 Å². The highest BCUT2D eigenvalue weighted by Gasteiger charge is 2.03. The summed E-state index contributed by atoms with van der Waals surface area (Å²) in [6.45, 7) is 1.01. The van der Waals surface area contributed by atoms with Gasteiger partial charge in [-0.3, -0.25) is 4.79 Å². The third-order valence-corrected chi connectivity index (χ3v) is 1.74. The van der Waals surface area contributed by atoms with E-state index in [0.717, 1.165) is 0 Å². The van der Waals surface area contributed by atoms with E-state index < -0.39 is 0 Å². The van der Waals surface area contributed by atoms with Gasteiger partial charge in [0, 0.05) is 19.2 Å². The molecule has 1 aromatic rings. The van der Waals surface area contributed by atoms with Crippen LogP contribution in [0.15, 0.2) is 24.3 Å². The highest BCUT2D eigenvalue weighted by molar-refractivity contribution is 6.32. The molecule has 0 unspecified atom stereocenters. The molecular weight excluding hydrogens is 177 g/mol. The van der Waals surface area contributed by atoms with Crippen molar-refractivity contribution in [1.82, 2.24) is 5.32 Å². The van der Waals surface area contributed by atoms with Gasteiger partial charge >= 0.3 is 0 Å². The average molecular weight is 189 g/mol. The molecular formula is C10H12BNO2. The van der Waals surface area contributed by atoms with Crippen molar-refractivity contribution in [2.45, 2.75) is 0 Å². The Bertz CT molecular complexity index is 315. The van der Waals surface area contributed by atoms with Crippen molar-refractivity contribution in [1.29, 1.82) is 0 Å². The maximum atomic E-state index is 11.4. The number of benzene rings is 1. The van der Waals surface area contributed by atoms with Crippen molar-refractivity contribution in [3.8, 4) is 0 Å². The van der Waals surface area contributed by atoms with E-state index in [4.69, 9.17) is 12.6 Å². The molecule has 1 amide bonds. The summed E-state index contributed by atoms with van der Waals surface area (Å²) < 4.78 is 4.81. The molecule has 3 nitrogen and oxygen atoms in total. The van der Waals surface area contributed by atoms with E-state index in [0.29, 0.717) is 24.2 Å². The van der Waals surface area contributed by atoms with Gasteiger partial charge in [0.1, 0.15) is 7.85 Å². The molecule has 0 saturated carbocycles. The van der Waals surface area contributed by atoms with Crippen molar-refractivity contribution in [3.63, 3.8) is 0 Å². The standard InChI is InChI=1S/C10H12BNO2/c1-14-6-5-12-10(13)8-3-2-4-9(11)7-8/h2-4,7H,5-6H2,1H3,(H,12,13). The van der Waals surface area contributed by atoms with Crippen LogP contribution >= 0.6 is 0 Å². The molecule has 0 aliphatic carbocycles. The molecule has 1 rings (SSSR count). The Hall–Kier alpha value is -1.29. The summed E-state index contributed by atoms with van der Waals surface area (Å²) in [6.07, 6.45) is 0. The molecule has 0 fully saturated rings. The summed E-state index contributed by atoms with van der Waals surface area (Å²) in [5, 5.41) is 2.71. The molecule has 2 radical (unpaired) electrons. The van der Waals surface area contributed by atoms with Gasteiger partial charge in [-0.15, -0.1) is 0 Å². The predicted octanol–water partition coefficient (Wildman–Crippen LogP) is -0.143. The first-order valence-electron chi connectivity index (χ1n) is 4.36. The second kappa shape index (κ2) is 5.45. The molecule has 72 valence electrons. The minimum Gasteiger partial charge on any atom is -0.383 e. The fraction of sp³-hybridized carbons (Fsp3) is 0.300. The highest BCUT2D eigenvalue weighted by Crippen LogP contribution is 1.95. The van der Waals surface area contributed by atoms with E-state index >= 15 is 0 Å². The predicted molar refractivity (Wildman–Crippen MR) is 56.0 cm³/mol. The molecule has 0 aliphatic heterocycles. The van der Waals surface area contributed by atoms with Crippen LogP contribution in [0.5, 0.6) is 0 Å². The zero-order valence-electron chi connectivity index (χ0n) is 8.12. The van der Waals surface area contributed by atoms with Gasteiger partial charge < -0.3 is 10.1 Å². The summed E-state index contributed by atoms with van der Waals surface area (Å²) in [5.74, 6) is -0.130. The number of carbonyl (C=O) groups excluding carboxylic acids is 1. The number of methoxy groups -OCH3 is 1. The molecule has 0 spiro atoms.